The summed E-state index contributed by atoms with van der Waals surface area (Å²) >= 11 is 0. The van der Waals surface area contributed by atoms with E-state index in [2.05, 4.69) is 5.32 Å². The lowest BCUT2D eigenvalue weighted by molar-refractivity contribution is -0.141. The van der Waals surface area contributed by atoms with Gasteiger partial charge in [-0.05, 0) is 32.6 Å². The molecule has 1 unspecified atom stereocenters. The number of rotatable bonds is 2. The van der Waals surface area contributed by atoms with Crippen LogP contribution in [0.1, 0.15) is 46.0 Å². The molecule has 1 atom stereocenters. The average Bonchev–Trinajstić information content (AvgIpc) is 2.28. The van der Waals surface area contributed by atoms with Crippen molar-refractivity contribution in [1.29, 1.82) is 0 Å². The van der Waals surface area contributed by atoms with E-state index >= 15 is 0 Å². The van der Waals surface area contributed by atoms with Crippen LogP contribution >= 0.6 is 0 Å². The van der Waals surface area contributed by atoms with Gasteiger partial charge in [-0.25, -0.2) is 0 Å². The summed E-state index contributed by atoms with van der Waals surface area (Å²) in [7, 11) is 0. The van der Waals surface area contributed by atoms with E-state index in [0.717, 1.165) is 12.8 Å². The normalized spacial score (nSPS) is 32.0. The second-order valence-electron chi connectivity index (χ2n) is 5.07. The fourth-order valence-corrected chi connectivity index (χ4v) is 2.35. The van der Waals surface area contributed by atoms with Crippen LogP contribution < -0.4 is 5.32 Å². The van der Waals surface area contributed by atoms with Crippen molar-refractivity contribution in [2.24, 2.45) is 0 Å². The van der Waals surface area contributed by atoms with Crippen molar-refractivity contribution in [1.82, 2.24) is 10.2 Å². The van der Waals surface area contributed by atoms with Crippen LogP contribution in [0.25, 0.3) is 0 Å². The zero-order chi connectivity index (χ0) is 11.8. The Hall–Kier alpha value is -1.06. The van der Waals surface area contributed by atoms with E-state index in [1.165, 1.54) is 6.42 Å². The Morgan fingerprint density at radius 2 is 2.12 bits per heavy atom. The van der Waals surface area contributed by atoms with Gasteiger partial charge in [0.05, 0.1) is 0 Å². The van der Waals surface area contributed by atoms with Crippen LogP contribution in [0.2, 0.25) is 0 Å². The van der Waals surface area contributed by atoms with Gasteiger partial charge in [-0.2, -0.15) is 0 Å². The van der Waals surface area contributed by atoms with Gasteiger partial charge in [-0.15, -0.1) is 0 Å². The molecule has 0 spiro atoms. The molecule has 1 saturated heterocycles. The van der Waals surface area contributed by atoms with Crippen molar-refractivity contribution >= 4 is 11.8 Å². The summed E-state index contributed by atoms with van der Waals surface area (Å²) in [5, 5.41) is 2.86. The minimum atomic E-state index is -0.691. The molecule has 2 fully saturated rings. The molecule has 2 aliphatic rings. The molecule has 0 bridgehead atoms. The number of carbonyl (C=O) groups is 2. The first-order valence-corrected chi connectivity index (χ1v) is 6.19. The second-order valence-corrected chi connectivity index (χ2v) is 5.07. The van der Waals surface area contributed by atoms with E-state index in [-0.39, 0.29) is 11.8 Å². The van der Waals surface area contributed by atoms with E-state index in [0.29, 0.717) is 25.4 Å². The van der Waals surface area contributed by atoms with Crippen molar-refractivity contribution in [3.63, 3.8) is 0 Å². The molecular weight excluding hydrogens is 204 g/mol. The molecule has 0 aromatic carbocycles. The fraction of sp³-hybridized carbons (Fsp3) is 0.833. The Kier molecular flexibility index (Phi) is 2.91. The minimum absolute atomic E-state index is 0.000441. The Morgan fingerprint density at radius 3 is 2.62 bits per heavy atom. The van der Waals surface area contributed by atoms with Crippen molar-refractivity contribution in [3.8, 4) is 0 Å². The predicted octanol–water partition coefficient (Wildman–Crippen LogP) is 1.06. The lowest BCUT2D eigenvalue weighted by atomic mass is 9.89. The van der Waals surface area contributed by atoms with Gasteiger partial charge in [0.15, 0.2) is 0 Å². The van der Waals surface area contributed by atoms with E-state index < -0.39 is 5.54 Å². The van der Waals surface area contributed by atoms with Gasteiger partial charge in [0.1, 0.15) is 5.54 Å². The van der Waals surface area contributed by atoms with Crippen molar-refractivity contribution < 1.29 is 9.59 Å². The summed E-state index contributed by atoms with van der Waals surface area (Å²) in [5.41, 5.74) is -0.691. The van der Waals surface area contributed by atoms with Crippen molar-refractivity contribution in [3.05, 3.63) is 0 Å². The molecule has 2 rings (SSSR count). The van der Waals surface area contributed by atoms with Crippen molar-refractivity contribution in [2.75, 3.05) is 6.54 Å². The highest BCUT2D eigenvalue weighted by Gasteiger charge is 2.42. The summed E-state index contributed by atoms with van der Waals surface area (Å²) < 4.78 is 0. The van der Waals surface area contributed by atoms with E-state index in [9.17, 15) is 9.59 Å². The van der Waals surface area contributed by atoms with Gasteiger partial charge in [0.25, 0.3) is 0 Å². The quantitative estimate of drug-likeness (QED) is 0.762. The first kappa shape index (κ1) is 11.4. The van der Waals surface area contributed by atoms with Gasteiger partial charge >= 0.3 is 0 Å². The zero-order valence-corrected chi connectivity index (χ0v) is 10.1. The maximum Gasteiger partial charge on any atom is 0.248 e. The highest BCUT2D eigenvalue weighted by Crippen LogP contribution is 2.29. The van der Waals surface area contributed by atoms with Crippen LogP contribution in [0.3, 0.4) is 0 Å². The monoisotopic (exact) mass is 224 g/mol. The molecular formula is C12H20N2O2. The minimum Gasteiger partial charge on any atom is -0.342 e. The smallest absolute Gasteiger partial charge is 0.248 e. The topological polar surface area (TPSA) is 49.4 Å². The number of carbonyl (C=O) groups excluding carboxylic acids is 2. The standard InChI is InChI=1S/C12H20N2O2/c1-3-12(2)11(16)14(9-5-4-6-9)8-7-10(15)13-12/h9H,3-8H2,1-2H3,(H,13,15). The molecule has 0 aromatic heterocycles. The van der Waals surface area contributed by atoms with Crippen LogP contribution in [-0.2, 0) is 9.59 Å². The second kappa shape index (κ2) is 4.07. The third kappa shape index (κ3) is 1.81. The molecule has 0 radical (unpaired) electrons. The maximum atomic E-state index is 12.4. The fourth-order valence-electron chi connectivity index (χ4n) is 2.35. The predicted molar refractivity (Wildman–Crippen MR) is 60.8 cm³/mol. The van der Waals surface area contributed by atoms with Crippen LogP contribution in [-0.4, -0.2) is 34.8 Å². The van der Waals surface area contributed by atoms with Gasteiger partial charge in [-0.1, -0.05) is 6.92 Å². The molecule has 2 amide bonds. The first-order valence-electron chi connectivity index (χ1n) is 6.19. The third-order valence-electron chi connectivity index (χ3n) is 3.95. The Labute approximate surface area is 96.4 Å². The summed E-state index contributed by atoms with van der Waals surface area (Å²) in [6.07, 6.45) is 4.50. The van der Waals surface area contributed by atoms with Crippen LogP contribution in [0.5, 0.6) is 0 Å². The number of hydrogen-bond acceptors (Lipinski definition) is 2. The third-order valence-corrected chi connectivity index (χ3v) is 3.95. The van der Waals surface area contributed by atoms with Crippen molar-refractivity contribution in [2.45, 2.75) is 57.5 Å². The molecule has 90 valence electrons. The van der Waals surface area contributed by atoms with Crippen LogP contribution in [0, 0.1) is 0 Å². The molecule has 1 aliphatic carbocycles. The van der Waals surface area contributed by atoms with Crippen LogP contribution in [0.4, 0.5) is 0 Å². The number of nitrogens with one attached hydrogen (secondary N) is 1. The Balaban J connectivity index is 2.20. The van der Waals surface area contributed by atoms with Gasteiger partial charge in [0.2, 0.25) is 11.8 Å². The zero-order valence-electron chi connectivity index (χ0n) is 10.1. The molecule has 1 saturated carbocycles. The highest BCUT2D eigenvalue weighted by molar-refractivity contribution is 5.93. The SMILES string of the molecule is CCC1(C)NC(=O)CCN(C2CCC2)C1=O. The molecule has 1 aliphatic heterocycles. The largest absolute Gasteiger partial charge is 0.342 e. The van der Waals surface area contributed by atoms with E-state index in [1.54, 1.807) is 0 Å². The van der Waals surface area contributed by atoms with Gasteiger partial charge in [0, 0.05) is 19.0 Å². The molecule has 1 N–H and O–H groups in total. The molecule has 0 aromatic rings. The van der Waals surface area contributed by atoms with E-state index in [4.69, 9.17) is 0 Å². The highest BCUT2D eigenvalue weighted by atomic mass is 16.2. The number of hydrogen-bond donors (Lipinski definition) is 1. The first-order chi connectivity index (χ1) is 7.57. The Morgan fingerprint density at radius 1 is 1.44 bits per heavy atom. The summed E-state index contributed by atoms with van der Waals surface area (Å²) in [6, 6.07) is 0.381. The Bertz CT molecular complexity index is 312. The summed E-state index contributed by atoms with van der Waals surface area (Å²) in [5.74, 6) is 0.102. The maximum absolute atomic E-state index is 12.4. The average molecular weight is 224 g/mol. The lowest BCUT2D eigenvalue weighted by Crippen LogP contribution is -2.57. The summed E-state index contributed by atoms with van der Waals surface area (Å²) in [4.78, 5) is 25.9. The lowest BCUT2D eigenvalue weighted by Gasteiger charge is -2.40. The summed E-state index contributed by atoms with van der Waals surface area (Å²) in [6.45, 7) is 4.37. The molecule has 4 nitrogen and oxygen atoms in total. The van der Waals surface area contributed by atoms with Crippen LogP contribution in [0.15, 0.2) is 0 Å². The number of amides is 2. The number of nitrogens with zero attached hydrogens (tertiary/aromatic N) is 1. The molecule has 4 heteroatoms. The molecule has 1 heterocycles. The van der Waals surface area contributed by atoms with Gasteiger partial charge < -0.3 is 10.2 Å². The molecule has 16 heavy (non-hydrogen) atoms. The van der Waals surface area contributed by atoms with Gasteiger partial charge in [-0.3, -0.25) is 9.59 Å². The van der Waals surface area contributed by atoms with E-state index in [1.807, 2.05) is 18.7 Å².